The van der Waals surface area contributed by atoms with Crippen LogP contribution in [-0.2, 0) is 4.79 Å². The number of hydrogen-bond donors (Lipinski definition) is 1. The molecule has 0 bridgehead atoms. The number of carbonyl (C=O) groups is 1. The fraction of sp³-hybridized carbons (Fsp3) is 0.611. The summed E-state index contributed by atoms with van der Waals surface area (Å²) < 4.78 is 0. The molecule has 1 saturated carbocycles. The van der Waals surface area contributed by atoms with Crippen LogP contribution in [0.4, 0.5) is 0 Å². The van der Waals surface area contributed by atoms with E-state index in [1.54, 1.807) is 0 Å². The standard InChI is InChI=1S/C18H26ClNO/c1-3-14(2)16(15-7-5-4-6-8-15)17(21)20-13-18(9-10-18)11-12-19/h4-8,14,16H,3,9-13H2,1-2H3,(H,20,21). The second kappa shape index (κ2) is 7.31. The van der Waals surface area contributed by atoms with Crippen molar-refractivity contribution in [3.8, 4) is 0 Å². The van der Waals surface area contributed by atoms with Crippen molar-refractivity contribution in [2.75, 3.05) is 12.4 Å². The first-order valence-electron chi connectivity index (χ1n) is 8.00. The highest BCUT2D eigenvalue weighted by atomic mass is 35.5. The lowest BCUT2D eigenvalue weighted by Crippen LogP contribution is -2.36. The molecule has 1 fully saturated rings. The number of rotatable bonds is 8. The molecule has 0 radical (unpaired) electrons. The number of hydrogen-bond acceptors (Lipinski definition) is 1. The predicted octanol–water partition coefficient (Wildman–Crippen LogP) is 4.34. The van der Waals surface area contributed by atoms with Crippen molar-refractivity contribution >= 4 is 17.5 Å². The van der Waals surface area contributed by atoms with E-state index in [0.29, 0.717) is 11.8 Å². The molecule has 2 nitrogen and oxygen atoms in total. The van der Waals surface area contributed by atoms with Crippen LogP contribution >= 0.6 is 11.6 Å². The summed E-state index contributed by atoms with van der Waals surface area (Å²) in [7, 11) is 0. The fourth-order valence-corrected chi connectivity index (χ4v) is 3.31. The van der Waals surface area contributed by atoms with Crippen LogP contribution in [0.3, 0.4) is 0 Å². The van der Waals surface area contributed by atoms with Gasteiger partial charge in [0.1, 0.15) is 0 Å². The minimum atomic E-state index is -0.0528. The molecule has 116 valence electrons. The third kappa shape index (κ3) is 4.23. The monoisotopic (exact) mass is 307 g/mol. The molecule has 0 aliphatic heterocycles. The third-order valence-corrected chi connectivity index (χ3v) is 5.06. The van der Waals surface area contributed by atoms with E-state index in [2.05, 4.69) is 31.3 Å². The number of amides is 1. The van der Waals surface area contributed by atoms with Crippen LogP contribution in [-0.4, -0.2) is 18.3 Å². The Morgan fingerprint density at radius 3 is 2.52 bits per heavy atom. The van der Waals surface area contributed by atoms with Crippen LogP contribution in [0.2, 0.25) is 0 Å². The number of carbonyl (C=O) groups excluding carboxylic acids is 1. The van der Waals surface area contributed by atoms with Crippen molar-refractivity contribution in [3.05, 3.63) is 35.9 Å². The van der Waals surface area contributed by atoms with Gasteiger partial charge in [-0.3, -0.25) is 4.79 Å². The molecular formula is C18H26ClNO. The third-order valence-electron chi connectivity index (χ3n) is 4.87. The van der Waals surface area contributed by atoms with Crippen molar-refractivity contribution in [2.45, 2.75) is 45.4 Å². The maximum atomic E-state index is 12.7. The SMILES string of the molecule is CCC(C)C(C(=O)NCC1(CCCl)CC1)c1ccccc1. The topological polar surface area (TPSA) is 29.1 Å². The summed E-state index contributed by atoms with van der Waals surface area (Å²) in [6.45, 7) is 5.07. The maximum absolute atomic E-state index is 12.7. The molecule has 1 amide bonds. The van der Waals surface area contributed by atoms with Gasteiger partial charge in [0.05, 0.1) is 5.92 Å². The summed E-state index contributed by atoms with van der Waals surface area (Å²) in [5.74, 6) is 1.14. The summed E-state index contributed by atoms with van der Waals surface area (Å²) in [6.07, 6.45) is 4.40. The van der Waals surface area contributed by atoms with Crippen LogP contribution in [0.1, 0.15) is 51.0 Å². The summed E-state index contributed by atoms with van der Waals surface area (Å²) in [5, 5.41) is 3.19. The second-order valence-electron chi connectivity index (χ2n) is 6.43. The largest absolute Gasteiger partial charge is 0.355 e. The number of nitrogens with one attached hydrogen (secondary N) is 1. The first kappa shape index (κ1) is 16.4. The van der Waals surface area contributed by atoms with Gasteiger partial charge in [0.2, 0.25) is 5.91 Å². The molecule has 1 aliphatic carbocycles. The maximum Gasteiger partial charge on any atom is 0.227 e. The number of alkyl halides is 1. The molecule has 0 saturated heterocycles. The minimum absolute atomic E-state index is 0.0528. The molecule has 3 heteroatoms. The molecule has 1 aliphatic rings. The molecule has 0 aromatic heterocycles. The average Bonchev–Trinajstić information content (AvgIpc) is 3.27. The molecule has 0 heterocycles. The van der Waals surface area contributed by atoms with E-state index in [4.69, 9.17) is 11.6 Å². The van der Waals surface area contributed by atoms with Crippen LogP contribution in [0.5, 0.6) is 0 Å². The Labute approximate surface area is 133 Å². The van der Waals surface area contributed by atoms with Gasteiger partial charge in [-0.05, 0) is 36.2 Å². The zero-order valence-corrected chi connectivity index (χ0v) is 13.8. The van der Waals surface area contributed by atoms with Gasteiger partial charge in [0, 0.05) is 12.4 Å². The van der Waals surface area contributed by atoms with Gasteiger partial charge in [-0.15, -0.1) is 11.6 Å². The van der Waals surface area contributed by atoms with Gasteiger partial charge < -0.3 is 5.32 Å². The Kier molecular flexibility index (Phi) is 5.69. The van der Waals surface area contributed by atoms with Gasteiger partial charge >= 0.3 is 0 Å². The van der Waals surface area contributed by atoms with E-state index in [9.17, 15) is 4.79 Å². The van der Waals surface area contributed by atoms with Crippen molar-refractivity contribution in [1.29, 1.82) is 0 Å². The molecular weight excluding hydrogens is 282 g/mol. The zero-order valence-electron chi connectivity index (χ0n) is 13.1. The van der Waals surface area contributed by atoms with E-state index < -0.39 is 0 Å². The lowest BCUT2D eigenvalue weighted by Gasteiger charge is -2.24. The summed E-state index contributed by atoms with van der Waals surface area (Å²) in [6, 6.07) is 10.1. The van der Waals surface area contributed by atoms with Gasteiger partial charge in [-0.1, -0.05) is 50.6 Å². The Morgan fingerprint density at radius 1 is 1.33 bits per heavy atom. The molecule has 0 spiro atoms. The molecule has 2 rings (SSSR count). The second-order valence-corrected chi connectivity index (χ2v) is 6.81. The van der Waals surface area contributed by atoms with E-state index >= 15 is 0 Å². The molecule has 1 aromatic carbocycles. The van der Waals surface area contributed by atoms with E-state index in [1.807, 2.05) is 18.2 Å². The Morgan fingerprint density at radius 2 is 2.00 bits per heavy atom. The summed E-state index contributed by atoms with van der Waals surface area (Å²) in [5.41, 5.74) is 1.40. The summed E-state index contributed by atoms with van der Waals surface area (Å²) >= 11 is 5.86. The first-order chi connectivity index (χ1) is 10.1. The van der Waals surface area contributed by atoms with Gasteiger partial charge in [0.15, 0.2) is 0 Å². The molecule has 2 atom stereocenters. The summed E-state index contributed by atoms with van der Waals surface area (Å²) in [4.78, 5) is 12.7. The predicted molar refractivity (Wildman–Crippen MR) is 88.7 cm³/mol. The smallest absolute Gasteiger partial charge is 0.227 e. The van der Waals surface area contributed by atoms with Crippen LogP contribution < -0.4 is 5.32 Å². The molecule has 1 aromatic rings. The van der Waals surface area contributed by atoms with Crippen LogP contribution in [0, 0.1) is 11.3 Å². The van der Waals surface area contributed by atoms with Gasteiger partial charge in [-0.2, -0.15) is 0 Å². The first-order valence-corrected chi connectivity index (χ1v) is 8.54. The molecule has 1 N–H and O–H groups in total. The lowest BCUT2D eigenvalue weighted by atomic mass is 9.84. The van der Waals surface area contributed by atoms with E-state index in [0.717, 1.165) is 24.9 Å². The highest BCUT2D eigenvalue weighted by Crippen LogP contribution is 2.48. The van der Waals surface area contributed by atoms with Crippen LogP contribution in [0.25, 0.3) is 0 Å². The van der Waals surface area contributed by atoms with Crippen molar-refractivity contribution in [2.24, 2.45) is 11.3 Å². The van der Waals surface area contributed by atoms with Crippen molar-refractivity contribution in [3.63, 3.8) is 0 Å². The molecule has 2 unspecified atom stereocenters. The quantitative estimate of drug-likeness (QED) is 0.711. The normalized spacial score (nSPS) is 18.8. The van der Waals surface area contributed by atoms with Gasteiger partial charge in [0.25, 0.3) is 0 Å². The Hall–Kier alpha value is -1.02. The van der Waals surface area contributed by atoms with E-state index in [-0.39, 0.29) is 17.2 Å². The lowest BCUT2D eigenvalue weighted by molar-refractivity contribution is -0.124. The number of halogens is 1. The molecule has 21 heavy (non-hydrogen) atoms. The average molecular weight is 308 g/mol. The minimum Gasteiger partial charge on any atom is -0.355 e. The Bertz CT molecular complexity index is 456. The van der Waals surface area contributed by atoms with Crippen molar-refractivity contribution < 1.29 is 4.79 Å². The van der Waals surface area contributed by atoms with Crippen molar-refractivity contribution in [1.82, 2.24) is 5.32 Å². The zero-order chi connectivity index (χ0) is 15.3. The van der Waals surface area contributed by atoms with Gasteiger partial charge in [-0.25, -0.2) is 0 Å². The fourth-order valence-electron chi connectivity index (χ4n) is 2.91. The highest BCUT2D eigenvalue weighted by molar-refractivity contribution is 6.17. The number of benzene rings is 1. The highest BCUT2D eigenvalue weighted by Gasteiger charge is 2.42. The van der Waals surface area contributed by atoms with Crippen LogP contribution in [0.15, 0.2) is 30.3 Å². The Balaban J connectivity index is 2.02. The van der Waals surface area contributed by atoms with E-state index in [1.165, 1.54) is 12.8 Å².